The molecule has 1 aromatic carbocycles. The van der Waals surface area contributed by atoms with Crippen molar-refractivity contribution >= 4 is 15.8 Å². The zero-order valence-electron chi connectivity index (χ0n) is 21.8. The molecule has 8 nitrogen and oxygen atoms in total. The minimum absolute atomic E-state index is 0.104. The highest BCUT2D eigenvalue weighted by Crippen LogP contribution is 2.69. The van der Waals surface area contributed by atoms with Crippen LogP contribution >= 0.6 is 0 Å². The van der Waals surface area contributed by atoms with Crippen LogP contribution < -0.4 is 4.72 Å². The second-order valence-corrected chi connectivity index (χ2v) is 12.6. The van der Waals surface area contributed by atoms with Gasteiger partial charge in [-0.25, -0.2) is 27.2 Å². The monoisotopic (exact) mass is 548 g/mol. The van der Waals surface area contributed by atoms with Crippen molar-refractivity contribution in [3.8, 4) is 22.5 Å². The Morgan fingerprint density at radius 1 is 1.03 bits per heavy atom. The number of hydrogen-bond acceptors (Lipinski definition) is 7. The number of hydrogen-bond donors (Lipinski definition) is 1. The molecule has 2 aliphatic rings. The smallest absolute Gasteiger partial charge is 0.230 e. The van der Waals surface area contributed by atoms with Gasteiger partial charge < -0.3 is 0 Å². The molecule has 11 heteroatoms. The molecule has 4 aromatic rings. The van der Waals surface area contributed by atoms with Crippen LogP contribution in [0.1, 0.15) is 55.1 Å². The van der Waals surface area contributed by atoms with Crippen LogP contribution in [0.2, 0.25) is 0 Å². The van der Waals surface area contributed by atoms with Crippen LogP contribution in [0.25, 0.3) is 22.5 Å². The highest BCUT2D eigenvalue weighted by Gasteiger charge is 2.65. The van der Waals surface area contributed by atoms with Crippen LogP contribution in [0.4, 0.5) is 14.6 Å². The molecule has 0 saturated heterocycles. The molecule has 0 spiro atoms. The molecule has 0 radical (unpaired) electrons. The number of nitrogens with one attached hydrogen (secondary N) is 1. The zero-order valence-corrected chi connectivity index (χ0v) is 22.6. The SMILES string of the molecule is Cc1cc(NS(C)(=O)=O)ncc1-c1cncc([C@@]23CC[C@@H](c4cc(-c5c(F)cccc5F)nnc42)C3(C)C)n1. The molecule has 6 rings (SSSR count). The third-order valence-corrected chi connectivity index (χ3v) is 8.93. The van der Waals surface area contributed by atoms with Gasteiger partial charge >= 0.3 is 0 Å². The Bertz CT molecular complexity index is 1740. The van der Waals surface area contributed by atoms with Gasteiger partial charge in [0, 0.05) is 18.0 Å². The number of pyridine rings is 1. The number of sulfonamides is 1. The maximum Gasteiger partial charge on any atom is 0.230 e. The lowest BCUT2D eigenvalue weighted by molar-refractivity contribution is 0.242. The van der Waals surface area contributed by atoms with Gasteiger partial charge in [0.15, 0.2) is 0 Å². The predicted octanol–water partition coefficient (Wildman–Crippen LogP) is 5.16. The molecule has 3 aromatic heterocycles. The molecule has 2 atom stereocenters. The van der Waals surface area contributed by atoms with Gasteiger partial charge in [0.05, 0.1) is 46.2 Å². The van der Waals surface area contributed by atoms with E-state index in [1.807, 2.05) is 6.92 Å². The number of aryl methyl sites for hydroxylation is 1. The van der Waals surface area contributed by atoms with Crippen LogP contribution in [0.15, 0.2) is 48.9 Å². The van der Waals surface area contributed by atoms with E-state index in [9.17, 15) is 17.2 Å². The summed E-state index contributed by atoms with van der Waals surface area (Å²) in [4.78, 5) is 13.8. The molecule has 1 fully saturated rings. The minimum atomic E-state index is -3.46. The van der Waals surface area contributed by atoms with Crippen LogP contribution in [-0.2, 0) is 15.4 Å². The first-order valence-electron chi connectivity index (χ1n) is 12.5. The van der Waals surface area contributed by atoms with Crippen molar-refractivity contribution in [3.05, 3.63) is 83.1 Å². The normalized spacial score (nSPS) is 21.1. The Morgan fingerprint density at radius 2 is 1.77 bits per heavy atom. The summed E-state index contributed by atoms with van der Waals surface area (Å²) in [5.41, 5.74) is 3.64. The lowest BCUT2D eigenvalue weighted by Crippen LogP contribution is -2.38. The third kappa shape index (κ3) is 3.82. The first kappa shape index (κ1) is 25.4. The van der Waals surface area contributed by atoms with Gasteiger partial charge in [-0.3, -0.25) is 9.71 Å². The van der Waals surface area contributed by atoms with Crippen LogP contribution in [0.5, 0.6) is 0 Å². The Labute approximate surface area is 225 Å². The average molecular weight is 549 g/mol. The van der Waals surface area contributed by atoms with Crippen molar-refractivity contribution in [1.82, 2.24) is 25.1 Å². The summed E-state index contributed by atoms with van der Waals surface area (Å²) in [5, 5.41) is 8.87. The lowest BCUT2D eigenvalue weighted by atomic mass is 9.66. The summed E-state index contributed by atoms with van der Waals surface area (Å²) in [6, 6.07) is 7.18. The van der Waals surface area contributed by atoms with Crippen molar-refractivity contribution in [2.75, 3.05) is 11.0 Å². The van der Waals surface area contributed by atoms with Crippen molar-refractivity contribution in [2.24, 2.45) is 5.41 Å². The molecular weight excluding hydrogens is 522 g/mol. The van der Waals surface area contributed by atoms with E-state index in [4.69, 9.17) is 4.98 Å². The van der Waals surface area contributed by atoms with E-state index in [2.05, 4.69) is 38.7 Å². The number of rotatable bonds is 5. The van der Waals surface area contributed by atoms with Gasteiger partial charge in [0.2, 0.25) is 10.0 Å². The lowest BCUT2D eigenvalue weighted by Gasteiger charge is -2.37. The summed E-state index contributed by atoms with van der Waals surface area (Å²) in [6.07, 6.45) is 7.70. The van der Waals surface area contributed by atoms with Gasteiger partial charge in [0.1, 0.15) is 17.5 Å². The number of nitrogens with zero attached hydrogens (tertiary/aromatic N) is 5. The predicted molar refractivity (Wildman–Crippen MR) is 142 cm³/mol. The molecule has 39 heavy (non-hydrogen) atoms. The number of fused-ring (bicyclic) bond motifs is 5. The Hall–Kier alpha value is -3.86. The molecular formula is C28H26F2N6O2S. The van der Waals surface area contributed by atoms with E-state index in [-0.39, 0.29) is 28.4 Å². The first-order valence-corrected chi connectivity index (χ1v) is 14.4. The third-order valence-electron chi connectivity index (χ3n) is 8.35. The summed E-state index contributed by atoms with van der Waals surface area (Å²) in [7, 11) is -3.46. The molecule has 2 bridgehead atoms. The van der Waals surface area contributed by atoms with E-state index in [0.717, 1.165) is 47.2 Å². The highest BCUT2D eigenvalue weighted by atomic mass is 32.2. The molecule has 0 aliphatic heterocycles. The minimum Gasteiger partial charge on any atom is -0.268 e. The largest absolute Gasteiger partial charge is 0.268 e. The van der Waals surface area contributed by atoms with Gasteiger partial charge in [0.25, 0.3) is 0 Å². The van der Waals surface area contributed by atoms with Gasteiger partial charge in [-0.05, 0) is 66.5 Å². The number of benzene rings is 1. The molecule has 0 amide bonds. The Balaban J connectivity index is 1.45. The van der Waals surface area contributed by atoms with Crippen molar-refractivity contribution < 1.29 is 17.2 Å². The molecule has 1 saturated carbocycles. The molecule has 2 aliphatic carbocycles. The topological polar surface area (TPSA) is 111 Å². The Morgan fingerprint density at radius 3 is 2.46 bits per heavy atom. The van der Waals surface area contributed by atoms with Crippen LogP contribution in [0.3, 0.4) is 0 Å². The second kappa shape index (κ2) is 8.57. The molecule has 0 unspecified atom stereocenters. The fourth-order valence-corrected chi connectivity index (χ4v) is 7.02. The standard InChI is InChI=1S/C28H26F2N6O2S/c1-15-10-24(36-39(4,37)38)32-12-17(15)22-13-31-14-23(33-22)28-9-8-18(27(28,2)3)16-11-21(34-35-26(16)28)25-19(29)6-5-7-20(25)30/h5-7,10-14,18H,8-9H2,1-4H3,(H,32,36)/t18-,28-/m0/s1. The zero-order chi connectivity index (χ0) is 27.7. The van der Waals surface area contributed by atoms with Crippen LogP contribution in [-0.4, -0.2) is 39.8 Å². The van der Waals surface area contributed by atoms with Gasteiger partial charge in [-0.15, -0.1) is 5.10 Å². The Kier molecular flexibility index (Phi) is 5.59. The van der Waals surface area contributed by atoms with E-state index in [1.165, 1.54) is 18.2 Å². The highest BCUT2D eigenvalue weighted by molar-refractivity contribution is 7.92. The van der Waals surface area contributed by atoms with Crippen molar-refractivity contribution in [3.63, 3.8) is 0 Å². The maximum atomic E-state index is 14.5. The summed E-state index contributed by atoms with van der Waals surface area (Å²) >= 11 is 0. The van der Waals surface area contributed by atoms with Crippen molar-refractivity contribution in [1.29, 1.82) is 0 Å². The summed E-state index contributed by atoms with van der Waals surface area (Å²) < 4.78 is 54.7. The van der Waals surface area contributed by atoms with E-state index in [0.29, 0.717) is 5.69 Å². The number of aromatic nitrogens is 5. The second-order valence-electron chi connectivity index (χ2n) is 10.9. The molecule has 3 heterocycles. The maximum absolute atomic E-state index is 14.5. The van der Waals surface area contributed by atoms with Crippen molar-refractivity contribution in [2.45, 2.75) is 44.9 Å². The fourth-order valence-electron chi connectivity index (χ4n) is 6.53. The van der Waals surface area contributed by atoms with E-state index >= 15 is 0 Å². The number of halogens is 2. The fraction of sp³-hybridized carbons (Fsp3) is 0.321. The van der Waals surface area contributed by atoms with E-state index in [1.54, 1.807) is 30.7 Å². The van der Waals surface area contributed by atoms with Crippen LogP contribution in [0, 0.1) is 24.0 Å². The quantitative estimate of drug-likeness (QED) is 0.367. The number of anilines is 1. The van der Waals surface area contributed by atoms with E-state index < -0.39 is 27.1 Å². The molecule has 1 N–H and O–H groups in total. The molecule has 200 valence electrons. The van der Waals surface area contributed by atoms with Gasteiger partial charge in [-0.1, -0.05) is 19.9 Å². The average Bonchev–Trinajstić information content (AvgIpc) is 3.24. The first-order chi connectivity index (χ1) is 18.4. The summed E-state index contributed by atoms with van der Waals surface area (Å²) in [5.74, 6) is -1.03. The van der Waals surface area contributed by atoms with Gasteiger partial charge in [-0.2, -0.15) is 5.10 Å². The summed E-state index contributed by atoms with van der Waals surface area (Å²) in [6.45, 7) is 6.19.